The molecule has 0 aromatic carbocycles. The lowest BCUT2D eigenvalue weighted by molar-refractivity contribution is -0.144. The highest BCUT2D eigenvalue weighted by Crippen LogP contribution is 2.08. The SMILES string of the molecule is CCOC(=O)C(N)CSCCCSCC. The fourth-order valence-corrected chi connectivity index (χ4v) is 2.66. The first-order chi connectivity index (χ1) is 7.22. The zero-order valence-electron chi connectivity index (χ0n) is 9.53. The maximum Gasteiger partial charge on any atom is 0.323 e. The minimum absolute atomic E-state index is 0.284. The van der Waals surface area contributed by atoms with E-state index in [0.717, 1.165) is 5.75 Å². The van der Waals surface area contributed by atoms with E-state index in [1.165, 1.54) is 17.9 Å². The largest absolute Gasteiger partial charge is 0.465 e. The monoisotopic (exact) mass is 251 g/mol. The Morgan fingerprint density at radius 3 is 2.60 bits per heavy atom. The fourth-order valence-electron chi connectivity index (χ4n) is 0.935. The van der Waals surface area contributed by atoms with Crippen molar-refractivity contribution in [1.82, 2.24) is 0 Å². The van der Waals surface area contributed by atoms with Crippen LogP contribution in [0, 0.1) is 0 Å². The molecule has 1 atom stereocenters. The van der Waals surface area contributed by atoms with Crippen molar-refractivity contribution < 1.29 is 9.53 Å². The fraction of sp³-hybridized carbons (Fsp3) is 0.900. The molecule has 0 heterocycles. The summed E-state index contributed by atoms with van der Waals surface area (Å²) in [7, 11) is 0. The second-order valence-corrected chi connectivity index (χ2v) is 5.53. The van der Waals surface area contributed by atoms with Gasteiger partial charge in [0.05, 0.1) is 6.61 Å². The molecule has 15 heavy (non-hydrogen) atoms. The number of rotatable bonds is 9. The van der Waals surface area contributed by atoms with Gasteiger partial charge in [0, 0.05) is 5.75 Å². The second-order valence-electron chi connectivity index (χ2n) is 2.98. The zero-order valence-corrected chi connectivity index (χ0v) is 11.2. The molecule has 0 saturated carbocycles. The summed E-state index contributed by atoms with van der Waals surface area (Å²) >= 11 is 3.67. The van der Waals surface area contributed by atoms with Gasteiger partial charge < -0.3 is 10.5 Å². The molecule has 0 saturated heterocycles. The van der Waals surface area contributed by atoms with E-state index in [9.17, 15) is 4.79 Å². The van der Waals surface area contributed by atoms with Crippen LogP contribution in [0.5, 0.6) is 0 Å². The zero-order chi connectivity index (χ0) is 11.5. The Labute approximate surface area is 101 Å². The molecule has 0 amide bonds. The summed E-state index contributed by atoms with van der Waals surface area (Å²) in [6, 6.07) is -0.464. The molecule has 5 heteroatoms. The number of hydrogen-bond donors (Lipinski definition) is 1. The standard InChI is InChI=1S/C10H21NO2S2/c1-3-13-10(12)9(11)8-15-7-5-6-14-4-2/h9H,3-8,11H2,1-2H3. The molecule has 0 aromatic heterocycles. The van der Waals surface area contributed by atoms with Crippen molar-refractivity contribution in [3.63, 3.8) is 0 Å². The Bertz CT molecular complexity index is 168. The Morgan fingerprint density at radius 2 is 2.00 bits per heavy atom. The first-order valence-electron chi connectivity index (χ1n) is 5.30. The van der Waals surface area contributed by atoms with Gasteiger partial charge in [-0.3, -0.25) is 4.79 Å². The Morgan fingerprint density at radius 1 is 1.33 bits per heavy atom. The number of ether oxygens (including phenoxy) is 1. The van der Waals surface area contributed by atoms with E-state index in [4.69, 9.17) is 10.5 Å². The highest BCUT2D eigenvalue weighted by molar-refractivity contribution is 8.00. The van der Waals surface area contributed by atoms with E-state index in [0.29, 0.717) is 12.4 Å². The van der Waals surface area contributed by atoms with Gasteiger partial charge in [0.25, 0.3) is 0 Å². The average molecular weight is 251 g/mol. The summed E-state index contributed by atoms with van der Waals surface area (Å²) in [5.41, 5.74) is 5.64. The summed E-state index contributed by atoms with van der Waals surface area (Å²) in [5.74, 6) is 3.81. The number of nitrogens with two attached hydrogens (primary N) is 1. The highest BCUT2D eigenvalue weighted by Gasteiger charge is 2.13. The van der Waals surface area contributed by atoms with Gasteiger partial charge in [0.1, 0.15) is 6.04 Å². The van der Waals surface area contributed by atoms with E-state index in [-0.39, 0.29) is 5.97 Å². The first-order valence-corrected chi connectivity index (χ1v) is 7.61. The van der Waals surface area contributed by atoms with Crippen LogP contribution in [-0.2, 0) is 9.53 Å². The summed E-state index contributed by atoms with van der Waals surface area (Å²) in [6.07, 6.45) is 1.18. The predicted molar refractivity (Wildman–Crippen MR) is 69.5 cm³/mol. The molecule has 0 aromatic rings. The lowest BCUT2D eigenvalue weighted by Gasteiger charge is -2.09. The third kappa shape index (κ3) is 9.08. The first kappa shape index (κ1) is 15.1. The number of esters is 1. The smallest absolute Gasteiger partial charge is 0.323 e. The quantitative estimate of drug-likeness (QED) is 0.500. The van der Waals surface area contributed by atoms with E-state index in [1.54, 1.807) is 18.7 Å². The van der Waals surface area contributed by atoms with Crippen LogP contribution in [0.4, 0.5) is 0 Å². The highest BCUT2D eigenvalue weighted by atomic mass is 32.2. The minimum Gasteiger partial charge on any atom is -0.465 e. The lowest BCUT2D eigenvalue weighted by Crippen LogP contribution is -2.34. The van der Waals surface area contributed by atoms with Crippen molar-refractivity contribution in [3.8, 4) is 0 Å². The molecule has 0 fully saturated rings. The Kier molecular flexibility index (Phi) is 10.7. The van der Waals surface area contributed by atoms with Gasteiger partial charge in [-0.2, -0.15) is 23.5 Å². The maximum atomic E-state index is 11.1. The van der Waals surface area contributed by atoms with Gasteiger partial charge >= 0.3 is 5.97 Å². The van der Waals surface area contributed by atoms with Crippen molar-refractivity contribution in [2.24, 2.45) is 5.73 Å². The molecule has 90 valence electrons. The van der Waals surface area contributed by atoms with E-state index >= 15 is 0 Å². The van der Waals surface area contributed by atoms with Crippen molar-refractivity contribution in [3.05, 3.63) is 0 Å². The number of hydrogen-bond acceptors (Lipinski definition) is 5. The van der Waals surface area contributed by atoms with Crippen molar-refractivity contribution in [2.75, 3.05) is 29.6 Å². The molecular weight excluding hydrogens is 230 g/mol. The van der Waals surface area contributed by atoms with Crippen LogP contribution in [0.2, 0.25) is 0 Å². The van der Waals surface area contributed by atoms with E-state index in [2.05, 4.69) is 6.92 Å². The minimum atomic E-state index is -0.464. The molecule has 3 nitrogen and oxygen atoms in total. The van der Waals surface area contributed by atoms with Crippen molar-refractivity contribution in [2.45, 2.75) is 26.3 Å². The van der Waals surface area contributed by atoms with Crippen molar-refractivity contribution in [1.29, 1.82) is 0 Å². The van der Waals surface area contributed by atoms with Crippen LogP contribution in [0.25, 0.3) is 0 Å². The molecule has 0 radical (unpaired) electrons. The second kappa shape index (κ2) is 10.6. The van der Waals surface area contributed by atoms with E-state index in [1.807, 2.05) is 11.8 Å². The lowest BCUT2D eigenvalue weighted by atomic mass is 10.4. The molecular formula is C10H21NO2S2. The third-order valence-corrected chi connectivity index (χ3v) is 3.83. The maximum absolute atomic E-state index is 11.1. The summed E-state index contributed by atoms with van der Waals surface area (Å²) in [6.45, 7) is 4.36. The average Bonchev–Trinajstić information content (AvgIpc) is 2.23. The Balaban J connectivity index is 3.30. The van der Waals surface area contributed by atoms with Crippen LogP contribution in [0.15, 0.2) is 0 Å². The van der Waals surface area contributed by atoms with Gasteiger partial charge in [-0.25, -0.2) is 0 Å². The molecule has 0 aliphatic carbocycles. The Hall–Kier alpha value is 0.130. The van der Waals surface area contributed by atoms with Gasteiger partial charge in [-0.05, 0) is 30.6 Å². The van der Waals surface area contributed by atoms with Crippen LogP contribution in [0.3, 0.4) is 0 Å². The molecule has 0 spiro atoms. The van der Waals surface area contributed by atoms with Crippen LogP contribution >= 0.6 is 23.5 Å². The molecule has 1 unspecified atom stereocenters. The van der Waals surface area contributed by atoms with E-state index < -0.39 is 6.04 Å². The summed E-state index contributed by atoms with van der Waals surface area (Å²) in [4.78, 5) is 11.1. The summed E-state index contributed by atoms with van der Waals surface area (Å²) < 4.78 is 4.82. The molecule has 0 bridgehead atoms. The molecule has 0 aliphatic heterocycles. The van der Waals surface area contributed by atoms with Gasteiger partial charge in [-0.1, -0.05) is 6.92 Å². The predicted octanol–water partition coefficient (Wildman–Crippen LogP) is 1.75. The molecule has 0 aliphatic rings. The van der Waals surface area contributed by atoms with Gasteiger partial charge in [0.15, 0.2) is 0 Å². The van der Waals surface area contributed by atoms with Crippen LogP contribution < -0.4 is 5.73 Å². The number of thioether (sulfide) groups is 2. The van der Waals surface area contributed by atoms with Crippen LogP contribution in [0.1, 0.15) is 20.3 Å². The van der Waals surface area contributed by atoms with Gasteiger partial charge in [-0.15, -0.1) is 0 Å². The number of carbonyl (C=O) groups excluding carboxylic acids is 1. The molecule has 0 rings (SSSR count). The normalized spacial score (nSPS) is 12.5. The number of carbonyl (C=O) groups is 1. The topological polar surface area (TPSA) is 52.3 Å². The van der Waals surface area contributed by atoms with Crippen molar-refractivity contribution >= 4 is 29.5 Å². The molecule has 2 N–H and O–H groups in total. The van der Waals surface area contributed by atoms with Crippen LogP contribution in [-0.4, -0.2) is 41.6 Å². The summed E-state index contributed by atoms with van der Waals surface area (Å²) in [5, 5.41) is 0. The van der Waals surface area contributed by atoms with Gasteiger partial charge in [0.2, 0.25) is 0 Å². The third-order valence-electron chi connectivity index (χ3n) is 1.67.